The van der Waals surface area contributed by atoms with E-state index < -0.39 is 49.8 Å². The molecular weight excluding hydrogens is 690 g/mol. The normalized spacial score (nSPS) is 20.4. The van der Waals surface area contributed by atoms with Gasteiger partial charge in [-0.3, -0.25) is 9.52 Å². The molecule has 0 saturated carbocycles. The average Bonchev–Trinajstić information content (AvgIpc) is 3.09. The summed E-state index contributed by atoms with van der Waals surface area (Å²) in [4.78, 5) is 15.8. The molecule has 1 amide bonds. The predicted molar refractivity (Wildman–Crippen MR) is 187 cm³/mol. The third-order valence-corrected chi connectivity index (χ3v) is 11.9. The lowest BCUT2D eigenvalue weighted by molar-refractivity contribution is -0.00834. The molecular formula is C35H46FN3O9S2. The van der Waals surface area contributed by atoms with Gasteiger partial charge in [-0.25, -0.2) is 21.2 Å². The summed E-state index contributed by atoms with van der Waals surface area (Å²) in [7, 11) is -5.05. The number of sulfonamides is 2. The molecule has 0 saturated heterocycles. The Morgan fingerprint density at radius 2 is 1.68 bits per heavy atom. The van der Waals surface area contributed by atoms with Crippen LogP contribution < -0.4 is 14.2 Å². The van der Waals surface area contributed by atoms with Crippen molar-refractivity contribution in [1.82, 2.24) is 9.21 Å². The number of hydrogen-bond donors (Lipinski definition) is 2. The molecule has 2 N–H and O–H groups in total. The zero-order chi connectivity index (χ0) is 36.6. The van der Waals surface area contributed by atoms with E-state index in [0.29, 0.717) is 25.2 Å². The van der Waals surface area contributed by atoms with Gasteiger partial charge in [0, 0.05) is 38.3 Å². The van der Waals surface area contributed by atoms with Crippen LogP contribution in [0, 0.1) is 11.7 Å². The van der Waals surface area contributed by atoms with E-state index in [1.54, 1.807) is 19.1 Å². The quantitative estimate of drug-likeness (QED) is 0.301. The fourth-order valence-electron chi connectivity index (χ4n) is 5.56. The van der Waals surface area contributed by atoms with Crippen molar-refractivity contribution in [2.75, 3.05) is 45.2 Å². The minimum atomic E-state index is -4.13. The number of aliphatic hydroxyl groups is 1. The van der Waals surface area contributed by atoms with E-state index in [-0.39, 0.29) is 52.6 Å². The molecule has 0 spiro atoms. The Morgan fingerprint density at radius 1 is 1.02 bits per heavy atom. The van der Waals surface area contributed by atoms with Crippen LogP contribution in [0.1, 0.15) is 50.4 Å². The molecule has 1 heterocycles. The third kappa shape index (κ3) is 9.72. The Balaban J connectivity index is 1.66. The van der Waals surface area contributed by atoms with Crippen LogP contribution in [0.5, 0.6) is 11.5 Å². The second-order valence-corrected chi connectivity index (χ2v) is 16.3. The number of hydrogen-bond acceptors (Lipinski definition) is 9. The largest absolute Gasteiger partial charge is 0.497 e. The number of nitrogens with zero attached hydrogens (tertiary/aromatic N) is 2. The molecule has 0 radical (unpaired) electrons. The highest BCUT2D eigenvalue weighted by Gasteiger charge is 2.32. The smallest absolute Gasteiger partial charge is 0.261 e. The first-order chi connectivity index (χ1) is 23.7. The molecule has 1 aliphatic heterocycles. The molecule has 15 heteroatoms. The molecule has 0 unspecified atom stereocenters. The van der Waals surface area contributed by atoms with Gasteiger partial charge in [0.2, 0.25) is 10.0 Å². The fraction of sp³-hybridized carbons (Fsp3) is 0.457. The molecule has 0 fully saturated rings. The van der Waals surface area contributed by atoms with Crippen molar-refractivity contribution in [2.45, 2.75) is 68.1 Å². The van der Waals surface area contributed by atoms with Gasteiger partial charge in [0.05, 0.1) is 47.3 Å². The number of halogens is 1. The number of carbonyl (C=O) groups excluding carboxylic acids is 1. The molecule has 4 atom stereocenters. The van der Waals surface area contributed by atoms with Gasteiger partial charge in [-0.1, -0.05) is 6.92 Å². The highest BCUT2D eigenvalue weighted by atomic mass is 32.2. The van der Waals surface area contributed by atoms with Crippen molar-refractivity contribution in [1.29, 1.82) is 0 Å². The van der Waals surface area contributed by atoms with E-state index >= 15 is 0 Å². The lowest BCUT2D eigenvalue weighted by atomic mass is 10.0. The summed E-state index contributed by atoms with van der Waals surface area (Å²) in [5, 5.41) is 10.2. The number of aliphatic hydroxyl groups excluding tert-OH is 1. The zero-order valence-electron chi connectivity index (χ0n) is 28.9. The van der Waals surface area contributed by atoms with Crippen LogP contribution in [-0.4, -0.2) is 95.8 Å². The Bertz CT molecular complexity index is 1810. The Morgan fingerprint density at radius 3 is 2.32 bits per heavy atom. The summed E-state index contributed by atoms with van der Waals surface area (Å²) in [5.41, 5.74) is 0.146. The van der Waals surface area contributed by atoms with Crippen molar-refractivity contribution in [3.8, 4) is 11.5 Å². The maximum atomic E-state index is 14.4. The second-order valence-electron chi connectivity index (χ2n) is 12.5. The summed E-state index contributed by atoms with van der Waals surface area (Å²) in [6, 6.07) is 14.1. The summed E-state index contributed by atoms with van der Waals surface area (Å²) < 4.78 is 88.0. The highest BCUT2D eigenvalue weighted by molar-refractivity contribution is 7.92. The van der Waals surface area contributed by atoms with Crippen molar-refractivity contribution < 1.29 is 45.3 Å². The Labute approximate surface area is 294 Å². The summed E-state index contributed by atoms with van der Waals surface area (Å²) in [6.45, 7) is 5.44. The minimum absolute atomic E-state index is 0.00349. The molecule has 0 aromatic heterocycles. The number of rotatable bonds is 10. The monoisotopic (exact) mass is 735 g/mol. The van der Waals surface area contributed by atoms with Crippen LogP contribution in [0.25, 0.3) is 0 Å². The molecule has 3 aromatic rings. The van der Waals surface area contributed by atoms with Gasteiger partial charge in [-0.2, -0.15) is 4.31 Å². The SMILES string of the molecule is COc1ccc(S(=O)(=O)N(C)C[C@H]2OCCCC[C@H](C)Oc3ccc(NS(=O)(=O)c4ccc(F)cc4)cc3C(=O)N([C@@H](C)CO)C[C@H]2C)cc1. The Hall–Kier alpha value is -3.76. The molecule has 0 aliphatic carbocycles. The first-order valence-electron chi connectivity index (χ1n) is 16.4. The van der Waals surface area contributed by atoms with E-state index in [1.807, 2.05) is 13.8 Å². The van der Waals surface area contributed by atoms with Crippen LogP contribution in [-0.2, 0) is 24.8 Å². The molecule has 12 nitrogen and oxygen atoms in total. The number of methoxy groups -OCH3 is 1. The Kier molecular flexibility index (Phi) is 13.2. The molecule has 50 heavy (non-hydrogen) atoms. The first-order valence-corrected chi connectivity index (χ1v) is 19.3. The predicted octanol–water partition coefficient (Wildman–Crippen LogP) is 4.75. The van der Waals surface area contributed by atoms with Crippen molar-refractivity contribution in [2.24, 2.45) is 5.92 Å². The number of benzene rings is 3. The van der Waals surface area contributed by atoms with Crippen LogP contribution >= 0.6 is 0 Å². The number of amides is 1. The van der Waals surface area contributed by atoms with Crippen LogP contribution in [0.4, 0.5) is 10.1 Å². The lowest BCUT2D eigenvalue weighted by Crippen LogP contribution is -2.48. The van der Waals surface area contributed by atoms with Crippen molar-refractivity contribution in [3.63, 3.8) is 0 Å². The zero-order valence-corrected chi connectivity index (χ0v) is 30.5. The number of likely N-dealkylation sites (N-methyl/N-ethyl adjacent to an activating group) is 1. The van der Waals surface area contributed by atoms with E-state index in [0.717, 1.165) is 30.7 Å². The summed E-state index contributed by atoms with van der Waals surface area (Å²) in [5.74, 6) is -0.759. The van der Waals surface area contributed by atoms with Gasteiger partial charge in [-0.05, 0) is 99.8 Å². The number of fused-ring (bicyclic) bond motifs is 1. The summed E-state index contributed by atoms with van der Waals surface area (Å²) in [6.07, 6.45) is 1.09. The van der Waals surface area contributed by atoms with Crippen LogP contribution in [0.15, 0.2) is 76.5 Å². The van der Waals surface area contributed by atoms with E-state index in [4.69, 9.17) is 14.2 Å². The number of nitrogens with one attached hydrogen (secondary N) is 1. The van der Waals surface area contributed by atoms with Gasteiger partial charge in [0.1, 0.15) is 17.3 Å². The highest BCUT2D eigenvalue weighted by Crippen LogP contribution is 2.30. The maximum Gasteiger partial charge on any atom is 0.261 e. The second kappa shape index (κ2) is 17.0. The van der Waals surface area contributed by atoms with Gasteiger partial charge < -0.3 is 24.2 Å². The minimum Gasteiger partial charge on any atom is -0.497 e. The van der Waals surface area contributed by atoms with Gasteiger partial charge in [0.15, 0.2) is 0 Å². The summed E-state index contributed by atoms with van der Waals surface area (Å²) >= 11 is 0. The third-order valence-electron chi connectivity index (χ3n) is 8.63. The van der Waals surface area contributed by atoms with Gasteiger partial charge in [-0.15, -0.1) is 0 Å². The van der Waals surface area contributed by atoms with Crippen molar-refractivity contribution in [3.05, 3.63) is 78.1 Å². The van der Waals surface area contributed by atoms with E-state index in [9.17, 15) is 31.1 Å². The number of ether oxygens (including phenoxy) is 3. The molecule has 274 valence electrons. The molecule has 1 aliphatic rings. The first kappa shape index (κ1) is 39.0. The van der Waals surface area contributed by atoms with Crippen molar-refractivity contribution >= 4 is 31.6 Å². The number of carbonyl (C=O) groups is 1. The molecule has 4 rings (SSSR count). The van der Waals surface area contributed by atoms with Gasteiger partial charge in [0.25, 0.3) is 15.9 Å². The van der Waals surface area contributed by atoms with Crippen LogP contribution in [0.3, 0.4) is 0 Å². The fourth-order valence-corrected chi connectivity index (χ4v) is 7.79. The van der Waals surface area contributed by atoms with E-state index in [1.165, 1.54) is 53.7 Å². The van der Waals surface area contributed by atoms with E-state index in [2.05, 4.69) is 4.72 Å². The topological polar surface area (TPSA) is 152 Å². The lowest BCUT2D eigenvalue weighted by Gasteiger charge is -2.35. The average molecular weight is 736 g/mol. The van der Waals surface area contributed by atoms with Crippen LogP contribution in [0.2, 0.25) is 0 Å². The maximum absolute atomic E-state index is 14.4. The van der Waals surface area contributed by atoms with Gasteiger partial charge >= 0.3 is 0 Å². The molecule has 0 bridgehead atoms. The number of anilines is 1. The standard InChI is InChI=1S/C35H46FN3O9S2/c1-24-21-39(25(2)23-40)35(41)32-20-28(37-49(42,43)30-14-9-27(36)10-15-30)11-18-33(32)48-26(3)8-6-7-19-47-34(24)22-38(4)50(44,45)31-16-12-29(46-5)13-17-31/h9-18,20,24-26,34,37,40H,6-8,19,21-23H2,1-5H3/t24-,25+,26+,34-/m1/s1. The molecule has 3 aromatic carbocycles.